The fraction of sp³-hybridized carbons (Fsp3) is 0.533. The van der Waals surface area contributed by atoms with Gasteiger partial charge in [0.15, 0.2) is 0 Å². The predicted molar refractivity (Wildman–Crippen MR) is 76.5 cm³/mol. The maximum atomic E-state index is 12.3. The summed E-state index contributed by atoms with van der Waals surface area (Å²) in [6, 6.07) is 9.23. The quantitative estimate of drug-likeness (QED) is 0.726. The highest BCUT2D eigenvalue weighted by Gasteiger charge is 2.32. The molecule has 0 radical (unpaired) electrons. The topological polar surface area (TPSA) is 75.3 Å². The largest absolute Gasteiger partial charge is 0.396 e. The number of benzene rings is 1. The Morgan fingerprint density at radius 3 is 2.42 bits per heavy atom. The van der Waals surface area contributed by atoms with Crippen LogP contribution in [-0.4, -0.2) is 23.7 Å². The number of aliphatic hydroxyl groups excluding tert-OH is 1. The number of aliphatic hydroxyl groups is 1. The van der Waals surface area contributed by atoms with E-state index in [1.165, 1.54) is 0 Å². The molecule has 1 rings (SSSR count). The lowest BCUT2D eigenvalue weighted by atomic mass is 9.91. The minimum atomic E-state index is -1.07. The van der Waals surface area contributed by atoms with E-state index in [1.54, 1.807) is 6.92 Å². The van der Waals surface area contributed by atoms with Crippen LogP contribution in [-0.2, 0) is 10.3 Å². The molecule has 0 aliphatic carbocycles. The Labute approximate surface area is 115 Å². The predicted octanol–water partition coefficient (Wildman–Crippen LogP) is 1.38. The smallest absolute Gasteiger partial charge is 0.244 e. The summed E-state index contributed by atoms with van der Waals surface area (Å²) >= 11 is 0. The summed E-state index contributed by atoms with van der Waals surface area (Å²) in [5.74, 6) is 0.0357. The van der Waals surface area contributed by atoms with Crippen molar-refractivity contribution in [2.45, 2.75) is 38.8 Å². The summed E-state index contributed by atoms with van der Waals surface area (Å²) < 4.78 is 0. The highest BCUT2D eigenvalue weighted by atomic mass is 16.3. The van der Waals surface area contributed by atoms with Crippen LogP contribution < -0.4 is 11.1 Å². The van der Waals surface area contributed by atoms with Crippen LogP contribution in [0.3, 0.4) is 0 Å². The number of nitrogens with two attached hydrogens (primary N) is 1. The number of carbonyl (C=O) groups excluding carboxylic acids is 1. The zero-order valence-electron chi connectivity index (χ0n) is 11.9. The monoisotopic (exact) mass is 264 g/mol. The number of carbonyl (C=O) groups is 1. The van der Waals surface area contributed by atoms with Gasteiger partial charge in [0.1, 0.15) is 5.54 Å². The summed E-state index contributed by atoms with van der Waals surface area (Å²) in [6.45, 7) is 5.78. The van der Waals surface area contributed by atoms with Crippen molar-refractivity contribution in [1.82, 2.24) is 5.32 Å². The van der Waals surface area contributed by atoms with Crippen LogP contribution in [0.5, 0.6) is 0 Å². The maximum absolute atomic E-state index is 12.3. The molecule has 19 heavy (non-hydrogen) atoms. The molecule has 4 heteroatoms. The van der Waals surface area contributed by atoms with E-state index in [4.69, 9.17) is 10.8 Å². The normalized spacial score (nSPS) is 15.9. The molecule has 0 aromatic heterocycles. The number of rotatable bonds is 6. The highest BCUT2D eigenvalue weighted by molar-refractivity contribution is 5.87. The first kappa shape index (κ1) is 15.7. The van der Waals surface area contributed by atoms with Crippen LogP contribution in [0, 0.1) is 5.92 Å². The Hall–Kier alpha value is -1.39. The molecule has 0 bridgehead atoms. The second-order valence-corrected chi connectivity index (χ2v) is 5.40. The van der Waals surface area contributed by atoms with Gasteiger partial charge in [-0.1, -0.05) is 44.2 Å². The Morgan fingerprint density at radius 2 is 1.95 bits per heavy atom. The molecule has 0 aliphatic rings. The van der Waals surface area contributed by atoms with Gasteiger partial charge in [-0.05, 0) is 24.8 Å². The van der Waals surface area contributed by atoms with E-state index < -0.39 is 5.54 Å². The molecule has 4 N–H and O–H groups in total. The standard InChI is InChI=1S/C15H24N2O2/c1-11(2)13(9-10-18)17-14(19)15(3,16)12-7-5-4-6-8-12/h4-8,11,13,18H,9-10,16H2,1-3H3,(H,17,19). The molecular formula is C15H24N2O2. The molecule has 0 aliphatic heterocycles. The molecule has 0 saturated heterocycles. The molecule has 0 saturated carbocycles. The van der Waals surface area contributed by atoms with Crippen LogP contribution in [0.15, 0.2) is 30.3 Å². The van der Waals surface area contributed by atoms with Crippen molar-refractivity contribution < 1.29 is 9.90 Å². The number of hydrogen-bond donors (Lipinski definition) is 3. The Morgan fingerprint density at radius 1 is 1.37 bits per heavy atom. The van der Waals surface area contributed by atoms with Gasteiger partial charge in [0.25, 0.3) is 0 Å². The van der Waals surface area contributed by atoms with E-state index in [2.05, 4.69) is 5.32 Å². The average molecular weight is 264 g/mol. The molecule has 0 spiro atoms. The maximum Gasteiger partial charge on any atom is 0.244 e. The Balaban J connectivity index is 2.81. The van der Waals surface area contributed by atoms with Crippen LogP contribution in [0.1, 0.15) is 32.8 Å². The van der Waals surface area contributed by atoms with E-state index in [9.17, 15) is 4.79 Å². The SMILES string of the molecule is CC(C)C(CCO)NC(=O)C(C)(N)c1ccccc1. The van der Waals surface area contributed by atoms with Crippen molar-refractivity contribution in [3.05, 3.63) is 35.9 Å². The Kier molecular flexibility index (Phi) is 5.51. The lowest BCUT2D eigenvalue weighted by molar-refractivity contribution is -0.127. The first-order chi connectivity index (χ1) is 8.89. The van der Waals surface area contributed by atoms with Crippen molar-refractivity contribution in [3.63, 3.8) is 0 Å². The Bertz CT molecular complexity index is 402. The third kappa shape index (κ3) is 4.04. The molecule has 106 valence electrons. The van der Waals surface area contributed by atoms with Crippen LogP contribution >= 0.6 is 0 Å². The molecule has 2 atom stereocenters. The zero-order valence-corrected chi connectivity index (χ0v) is 11.9. The number of amides is 1. The van der Waals surface area contributed by atoms with E-state index in [-0.39, 0.29) is 24.5 Å². The van der Waals surface area contributed by atoms with Gasteiger partial charge in [0.05, 0.1) is 0 Å². The van der Waals surface area contributed by atoms with Crippen molar-refractivity contribution >= 4 is 5.91 Å². The first-order valence-electron chi connectivity index (χ1n) is 6.65. The number of hydrogen-bond acceptors (Lipinski definition) is 3. The van der Waals surface area contributed by atoms with Gasteiger partial charge in [0.2, 0.25) is 5.91 Å². The van der Waals surface area contributed by atoms with Crippen molar-refractivity contribution in [2.75, 3.05) is 6.61 Å². The lowest BCUT2D eigenvalue weighted by Crippen LogP contribution is -2.53. The van der Waals surface area contributed by atoms with Crippen LogP contribution in [0.25, 0.3) is 0 Å². The third-order valence-electron chi connectivity index (χ3n) is 3.41. The van der Waals surface area contributed by atoms with Crippen LogP contribution in [0.4, 0.5) is 0 Å². The summed E-state index contributed by atoms with van der Waals surface area (Å²) in [5.41, 5.74) is 5.86. The molecule has 2 unspecified atom stereocenters. The molecule has 1 amide bonds. The number of nitrogens with one attached hydrogen (secondary N) is 1. The van der Waals surface area contributed by atoms with Gasteiger partial charge < -0.3 is 16.2 Å². The second kappa shape index (κ2) is 6.68. The summed E-state index contributed by atoms with van der Waals surface area (Å²) in [4.78, 5) is 12.3. The fourth-order valence-electron chi connectivity index (χ4n) is 1.95. The van der Waals surface area contributed by atoms with Gasteiger partial charge >= 0.3 is 0 Å². The van der Waals surface area contributed by atoms with Crippen molar-refractivity contribution in [1.29, 1.82) is 0 Å². The molecule has 0 heterocycles. The molecule has 0 fully saturated rings. The van der Waals surface area contributed by atoms with E-state index >= 15 is 0 Å². The van der Waals surface area contributed by atoms with E-state index in [0.717, 1.165) is 5.56 Å². The first-order valence-corrected chi connectivity index (χ1v) is 6.65. The average Bonchev–Trinajstić information content (AvgIpc) is 2.38. The van der Waals surface area contributed by atoms with Crippen LogP contribution in [0.2, 0.25) is 0 Å². The van der Waals surface area contributed by atoms with Gasteiger partial charge in [-0.25, -0.2) is 0 Å². The summed E-state index contributed by atoms with van der Waals surface area (Å²) in [6.07, 6.45) is 0.536. The second-order valence-electron chi connectivity index (χ2n) is 5.40. The summed E-state index contributed by atoms with van der Waals surface area (Å²) in [5, 5.41) is 12.0. The molecule has 1 aromatic carbocycles. The van der Waals surface area contributed by atoms with Gasteiger partial charge in [-0.2, -0.15) is 0 Å². The minimum absolute atomic E-state index is 0.0513. The summed E-state index contributed by atoms with van der Waals surface area (Å²) in [7, 11) is 0. The van der Waals surface area contributed by atoms with Gasteiger partial charge in [-0.15, -0.1) is 0 Å². The lowest BCUT2D eigenvalue weighted by Gasteiger charge is -2.29. The van der Waals surface area contributed by atoms with E-state index in [0.29, 0.717) is 6.42 Å². The van der Waals surface area contributed by atoms with Gasteiger partial charge in [0, 0.05) is 12.6 Å². The van der Waals surface area contributed by atoms with Gasteiger partial charge in [-0.3, -0.25) is 4.79 Å². The minimum Gasteiger partial charge on any atom is -0.396 e. The molecule has 1 aromatic rings. The highest BCUT2D eigenvalue weighted by Crippen LogP contribution is 2.18. The zero-order chi connectivity index (χ0) is 14.5. The molecular weight excluding hydrogens is 240 g/mol. The van der Waals surface area contributed by atoms with Crippen molar-refractivity contribution in [3.8, 4) is 0 Å². The van der Waals surface area contributed by atoms with E-state index in [1.807, 2.05) is 44.2 Å². The molecule has 4 nitrogen and oxygen atoms in total. The third-order valence-corrected chi connectivity index (χ3v) is 3.41. The van der Waals surface area contributed by atoms with Crippen molar-refractivity contribution in [2.24, 2.45) is 11.7 Å². The fourth-order valence-corrected chi connectivity index (χ4v) is 1.95.